The maximum absolute atomic E-state index is 13.2. The van der Waals surface area contributed by atoms with Gasteiger partial charge in [-0.25, -0.2) is 8.42 Å². The Kier molecular flexibility index (Phi) is 7.36. The van der Waals surface area contributed by atoms with Crippen molar-refractivity contribution in [3.8, 4) is 11.5 Å². The van der Waals surface area contributed by atoms with Crippen LogP contribution in [0.5, 0.6) is 11.5 Å². The van der Waals surface area contributed by atoms with Crippen molar-refractivity contribution < 1.29 is 41.0 Å². The Balaban J connectivity index is 1.82. The normalized spacial score (nSPS) is 17.3. The minimum atomic E-state index is -4.93. The number of hydrogen-bond donors (Lipinski definition) is 2. The van der Waals surface area contributed by atoms with E-state index in [0.717, 1.165) is 28.6 Å². The van der Waals surface area contributed by atoms with Gasteiger partial charge in [-0.05, 0) is 42.0 Å². The minimum absolute atomic E-state index is 0.0448. The first kappa shape index (κ1) is 25.3. The molecule has 1 saturated heterocycles. The summed E-state index contributed by atoms with van der Waals surface area (Å²) in [6.45, 7) is 1.03. The van der Waals surface area contributed by atoms with Crippen molar-refractivity contribution in [3.63, 3.8) is 0 Å². The second kappa shape index (κ2) is 9.89. The van der Waals surface area contributed by atoms with E-state index in [4.69, 9.17) is 0 Å². The van der Waals surface area contributed by atoms with E-state index in [1.165, 1.54) is 24.0 Å². The molecule has 2 amide bonds. The van der Waals surface area contributed by atoms with Gasteiger partial charge in [0.05, 0.1) is 4.90 Å². The van der Waals surface area contributed by atoms with E-state index in [-0.39, 0.29) is 42.7 Å². The van der Waals surface area contributed by atoms with Crippen molar-refractivity contribution in [2.45, 2.75) is 30.8 Å². The molecule has 0 unspecified atom stereocenters. The van der Waals surface area contributed by atoms with Gasteiger partial charge in [-0.2, -0.15) is 4.31 Å². The molecule has 1 fully saturated rings. The molecule has 3 rings (SSSR count). The number of hydrogen-bond acceptors (Lipinski definition) is 6. The van der Waals surface area contributed by atoms with Crippen LogP contribution in [0.3, 0.4) is 0 Å². The highest BCUT2D eigenvalue weighted by Gasteiger charge is 2.41. The number of halogens is 3. The van der Waals surface area contributed by atoms with Crippen LogP contribution >= 0.6 is 0 Å². The van der Waals surface area contributed by atoms with Gasteiger partial charge in [0.2, 0.25) is 21.8 Å². The molecule has 2 aromatic carbocycles. The van der Waals surface area contributed by atoms with E-state index in [9.17, 15) is 36.3 Å². The molecule has 34 heavy (non-hydrogen) atoms. The van der Waals surface area contributed by atoms with Crippen LogP contribution in [0.1, 0.15) is 12.5 Å². The molecule has 1 aliphatic rings. The molecule has 13 heteroatoms. The van der Waals surface area contributed by atoms with Crippen LogP contribution in [0.4, 0.5) is 13.2 Å². The van der Waals surface area contributed by atoms with Crippen molar-refractivity contribution in [1.29, 1.82) is 0 Å². The molecular formula is C21H22F3N3O6S. The molecule has 1 atom stereocenters. The number of carbonyl (C=O) groups excluding carboxylic acids is 2. The monoisotopic (exact) mass is 501 g/mol. The maximum Gasteiger partial charge on any atom is 0.573 e. The average Bonchev–Trinajstić information content (AvgIpc) is 2.77. The van der Waals surface area contributed by atoms with E-state index in [2.05, 4.69) is 10.1 Å². The molecule has 0 radical (unpaired) electrons. The standard InChI is InChI=1S/C21H22F3N3O6S/c1-14(28)26-10-11-27(19(13-26)20(30)25-12-15-2-4-16(29)5-3-15)34(31,32)18-8-6-17(7-9-18)33-21(22,23)24/h2-9,19,29H,10-13H2,1H3,(H,25,30)/t19-/m1/s1. The van der Waals surface area contributed by atoms with Crippen LogP contribution in [-0.4, -0.2) is 66.6 Å². The number of benzene rings is 2. The molecule has 2 N–H and O–H groups in total. The minimum Gasteiger partial charge on any atom is -0.508 e. The summed E-state index contributed by atoms with van der Waals surface area (Å²) in [5.41, 5.74) is 0.653. The molecule has 1 aliphatic heterocycles. The Bertz CT molecular complexity index is 1140. The predicted octanol–water partition coefficient (Wildman–Crippen LogP) is 1.83. The predicted molar refractivity (Wildman–Crippen MR) is 113 cm³/mol. The lowest BCUT2D eigenvalue weighted by Crippen LogP contribution is -2.61. The Morgan fingerprint density at radius 1 is 1.09 bits per heavy atom. The lowest BCUT2D eigenvalue weighted by Gasteiger charge is -2.39. The lowest BCUT2D eigenvalue weighted by atomic mass is 10.1. The van der Waals surface area contributed by atoms with E-state index < -0.39 is 34.1 Å². The Labute approximate surface area is 193 Å². The van der Waals surface area contributed by atoms with Crippen LogP contribution in [0.2, 0.25) is 0 Å². The number of sulfonamides is 1. The van der Waals surface area contributed by atoms with Gasteiger partial charge >= 0.3 is 6.36 Å². The number of amides is 2. The van der Waals surface area contributed by atoms with Crippen LogP contribution < -0.4 is 10.1 Å². The summed E-state index contributed by atoms with van der Waals surface area (Å²) < 4.78 is 68.3. The number of nitrogens with one attached hydrogen (secondary N) is 1. The highest BCUT2D eigenvalue weighted by Crippen LogP contribution is 2.27. The molecule has 0 bridgehead atoms. The van der Waals surface area contributed by atoms with Crippen molar-refractivity contribution in [2.24, 2.45) is 0 Å². The molecule has 9 nitrogen and oxygen atoms in total. The molecule has 184 valence electrons. The van der Waals surface area contributed by atoms with Crippen molar-refractivity contribution in [3.05, 3.63) is 54.1 Å². The topological polar surface area (TPSA) is 116 Å². The van der Waals surface area contributed by atoms with Gasteiger partial charge in [-0.15, -0.1) is 13.2 Å². The van der Waals surface area contributed by atoms with Gasteiger partial charge in [-0.1, -0.05) is 12.1 Å². The van der Waals surface area contributed by atoms with Gasteiger partial charge in [-0.3, -0.25) is 9.59 Å². The van der Waals surface area contributed by atoms with Gasteiger partial charge < -0.3 is 20.1 Å². The zero-order valence-corrected chi connectivity index (χ0v) is 18.8. The molecule has 2 aromatic rings. The van der Waals surface area contributed by atoms with Crippen molar-refractivity contribution in [1.82, 2.24) is 14.5 Å². The van der Waals surface area contributed by atoms with Crippen LogP contribution in [0.25, 0.3) is 0 Å². The smallest absolute Gasteiger partial charge is 0.508 e. The number of rotatable bonds is 6. The molecule has 0 spiro atoms. The van der Waals surface area contributed by atoms with Crippen molar-refractivity contribution >= 4 is 21.8 Å². The number of ether oxygens (including phenoxy) is 1. The fourth-order valence-corrected chi connectivity index (χ4v) is 4.99. The third-order valence-corrected chi connectivity index (χ3v) is 7.07. The fourth-order valence-electron chi connectivity index (χ4n) is 3.42. The number of nitrogens with zero attached hydrogens (tertiary/aromatic N) is 2. The summed E-state index contributed by atoms with van der Waals surface area (Å²) in [5.74, 6) is -1.53. The molecule has 0 aromatic heterocycles. The molecule has 0 aliphatic carbocycles. The summed E-state index contributed by atoms with van der Waals surface area (Å²) in [6, 6.07) is 8.42. The highest BCUT2D eigenvalue weighted by molar-refractivity contribution is 7.89. The number of carbonyl (C=O) groups is 2. The SMILES string of the molecule is CC(=O)N1CCN(S(=O)(=O)c2ccc(OC(F)(F)F)cc2)[C@@H](C(=O)NCc2ccc(O)cc2)C1. The summed E-state index contributed by atoms with van der Waals surface area (Å²) in [4.78, 5) is 25.8. The number of piperazine rings is 1. The van der Waals surface area contributed by atoms with E-state index >= 15 is 0 Å². The first-order chi connectivity index (χ1) is 15.9. The van der Waals surface area contributed by atoms with E-state index in [0.29, 0.717) is 5.56 Å². The second-order valence-electron chi connectivity index (χ2n) is 7.50. The van der Waals surface area contributed by atoms with Gasteiger partial charge in [0, 0.05) is 33.1 Å². The van der Waals surface area contributed by atoms with E-state index in [1.54, 1.807) is 12.1 Å². The highest BCUT2D eigenvalue weighted by atomic mass is 32.2. The Morgan fingerprint density at radius 3 is 2.26 bits per heavy atom. The van der Waals surface area contributed by atoms with Crippen molar-refractivity contribution in [2.75, 3.05) is 19.6 Å². The quantitative estimate of drug-likeness (QED) is 0.624. The summed E-state index contributed by atoms with van der Waals surface area (Å²) in [6.07, 6.45) is -4.93. The number of aromatic hydroxyl groups is 1. The second-order valence-corrected chi connectivity index (χ2v) is 9.39. The lowest BCUT2D eigenvalue weighted by molar-refractivity contribution is -0.274. The zero-order chi connectivity index (χ0) is 25.1. The van der Waals surface area contributed by atoms with E-state index in [1.807, 2.05) is 0 Å². The number of phenols is 1. The summed E-state index contributed by atoms with van der Waals surface area (Å²) in [7, 11) is -4.29. The number of phenolic OH excluding ortho intramolecular Hbond substituents is 1. The first-order valence-corrected chi connectivity index (χ1v) is 11.5. The summed E-state index contributed by atoms with van der Waals surface area (Å²) >= 11 is 0. The average molecular weight is 501 g/mol. The van der Waals surface area contributed by atoms with Crippen LogP contribution in [0.15, 0.2) is 53.4 Å². The third kappa shape index (κ3) is 6.17. The fraction of sp³-hybridized carbons (Fsp3) is 0.333. The number of alkyl halides is 3. The zero-order valence-electron chi connectivity index (χ0n) is 17.9. The first-order valence-electron chi connectivity index (χ1n) is 10.1. The van der Waals surface area contributed by atoms with Gasteiger partial charge in [0.15, 0.2) is 0 Å². The van der Waals surface area contributed by atoms with Crippen LogP contribution in [-0.2, 0) is 26.2 Å². The maximum atomic E-state index is 13.2. The van der Waals surface area contributed by atoms with Crippen LogP contribution in [0, 0.1) is 0 Å². The Hall–Kier alpha value is -3.32. The summed E-state index contributed by atoms with van der Waals surface area (Å²) in [5, 5.41) is 12.0. The third-order valence-electron chi connectivity index (χ3n) is 5.15. The van der Waals surface area contributed by atoms with Gasteiger partial charge in [0.1, 0.15) is 17.5 Å². The Morgan fingerprint density at radius 2 is 1.71 bits per heavy atom. The van der Waals surface area contributed by atoms with Gasteiger partial charge in [0.25, 0.3) is 0 Å². The largest absolute Gasteiger partial charge is 0.573 e. The molecule has 1 heterocycles. The molecular weight excluding hydrogens is 479 g/mol. The molecule has 0 saturated carbocycles.